The zero-order valence-electron chi connectivity index (χ0n) is 15.2. The number of unbranched alkanes of at least 4 members (excludes halogenated alkanes) is 1. The molecule has 0 aromatic heterocycles. The van der Waals surface area contributed by atoms with Crippen molar-refractivity contribution in [3.05, 3.63) is 35.9 Å². The van der Waals surface area contributed by atoms with E-state index >= 15 is 0 Å². The van der Waals surface area contributed by atoms with Crippen LogP contribution >= 0.6 is 0 Å². The number of esters is 1. The third kappa shape index (κ3) is 6.95. The van der Waals surface area contributed by atoms with Gasteiger partial charge in [0.1, 0.15) is 17.9 Å². The molecule has 138 valence electrons. The molecule has 1 aromatic carbocycles. The zero-order chi connectivity index (χ0) is 18.7. The van der Waals surface area contributed by atoms with Crippen molar-refractivity contribution in [2.75, 3.05) is 7.11 Å². The van der Waals surface area contributed by atoms with Crippen LogP contribution in [0.1, 0.15) is 51.5 Å². The minimum atomic E-state index is -1.25. The van der Waals surface area contributed by atoms with Crippen molar-refractivity contribution in [3.63, 3.8) is 0 Å². The number of nitrogens with one attached hydrogen (secondary N) is 1. The van der Waals surface area contributed by atoms with E-state index in [1.807, 2.05) is 37.3 Å². The molecule has 6 nitrogen and oxygen atoms in total. The number of ketones is 1. The molecular weight excluding hydrogens is 322 g/mol. The summed E-state index contributed by atoms with van der Waals surface area (Å²) in [5, 5.41) is 2.65. The number of hydrogen-bond acceptors (Lipinski definition) is 5. The van der Waals surface area contributed by atoms with Gasteiger partial charge in [-0.15, -0.1) is 0 Å². The van der Waals surface area contributed by atoms with Gasteiger partial charge in [0.2, 0.25) is 0 Å². The number of alkyl carbamates (subject to hydrolysis) is 1. The Hall–Kier alpha value is -2.37. The standard InChI is InChI=1S/C19H27NO5/c1-4-5-12-19(17(22)24-3,13-11-15(2)21)20-18(23)25-14-16-9-7-6-8-10-16/h6-10H,4-5,11-14H2,1-3H3,(H,20,23). The number of amides is 1. The maximum Gasteiger partial charge on any atom is 0.408 e. The van der Waals surface area contributed by atoms with Gasteiger partial charge in [-0.05, 0) is 25.3 Å². The minimum Gasteiger partial charge on any atom is -0.467 e. The molecule has 0 aliphatic rings. The second-order valence-electron chi connectivity index (χ2n) is 6.07. The van der Waals surface area contributed by atoms with Crippen LogP contribution in [0.2, 0.25) is 0 Å². The fraction of sp³-hybridized carbons (Fsp3) is 0.526. The normalized spacial score (nSPS) is 12.8. The van der Waals surface area contributed by atoms with E-state index in [1.54, 1.807) is 0 Å². The first-order valence-electron chi connectivity index (χ1n) is 8.50. The average molecular weight is 349 g/mol. The van der Waals surface area contributed by atoms with Crippen molar-refractivity contribution in [3.8, 4) is 0 Å². The first kappa shape index (κ1) is 20.7. The van der Waals surface area contributed by atoms with Gasteiger partial charge in [-0.1, -0.05) is 50.1 Å². The van der Waals surface area contributed by atoms with E-state index in [2.05, 4.69) is 5.32 Å². The van der Waals surface area contributed by atoms with E-state index in [1.165, 1.54) is 14.0 Å². The van der Waals surface area contributed by atoms with Gasteiger partial charge >= 0.3 is 12.1 Å². The van der Waals surface area contributed by atoms with Crippen molar-refractivity contribution in [1.82, 2.24) is 5.32 Å². The summed E-state index contributed by atoms with van der Waals surface area (Å²) in [5.74, 6) is -0.608. The van der Waals surface area contributed by atoms with E-state index in [0.29, 0.717) is 12.8 Å². The number of carbonyl (C=O) groups excluding carboxylic acids is 3. The van der Waals surface area contributed by atoms with Crippen molar-refractivity contribution < 1.29 is 23.9 Å². The van der Waals surface area contributed by atoms with E-state index in [4.69, 9.17) is 9.47 Å². The molecule has 0 aliphatic carbocycles. The van der Waals surface area contributed by atoms with Gasteiger partial charge < -0.3 is 19.6 Å². The second kappa shape index (κ2) is 10.5. The fourth-order valence-corrected chi connectivity index (χ4v) is 2.52. The highest BCUT2D eigenvalue weighted by Gasteiger charge is 2.41. The maximum absolute atomic E-state index is 12.4. The lowest BCUT2D eigenvalue weighted by molar-refractivity contribution is -0.149. The van der Waals surface area contributed by atoms with Gasteiger partial charge in [0.05, 0.1) is 7.11 Å². The summed E-state index contributed by atoms with van der Waals surface area (Å²) in [6.45, 7) is 3.54. The van der Waals surface area contributed by atoms with Gasteiger partial charge in [-0.2, -0.15) is 0 Å². The van der Waals surface area contributed by atoms with Crippen molar-refractivity contribution in [2.24, 2.45) is 0 Å². The lowest BCUT2D eigenvalue weighted by Gasteiger charge is -2.31. The van der Waals surface area contributed by atoms with E-state index in [0.717, 1.165) is 12.0 Å². The molecular formula is C19H27NO5. The van der Waals surface area contributed by atoms with E-state index in [-0.39, 0.29) is 25.2 Å². The minimum absolute atomic E-state index is 0.0516. The number of Topliss-reactive ketones (excluding diaryl/α,β-unsaturated/α-hetero) is 1. The van der Waals surface area contributed by atoms with E-state index < -0.39 is 17.6 Å². The molecule has 0 spiro atoms. The Morgan fingerprint density at radius 2 is 1.80 bits per heavy atom. The Kier molecular flexibility index (Phi) is 8.67. The number of methoxy groups -OCH3 is 1. The Morgan fingerprint density at radius 3 is 2.36 bits per heavy atom. The van der Waals surface area contributed by atoms with Crippen LogP contribution in [-0.2, 0) is 25.7 Å². The van der Waals surface area contributed by atoms with Gasteiger partial charge in [-0.3, -0.25) is 0 Å². The van der Waals surface area contributed by atoms with Crippen LogP contribution in [0.15, 0.2) is 30.3 Å². The molecule has 0 radical (unpaired) electrons. The molecule has 0 saturated heterocycles. The van der Waals surface area contributed by atoms with Crippen LogP contribution in [0.4, 0.5) is 4.79 Å². The topological polar surface area (TPSA) is 81.7 Å². The molecule has 0 saturated carbocycles. The maximum atomic E-state index is 12.4. The Balaban J connectivity index is 2.82. The van der Waals surface area contributed by atoms with Crippen molar-refractivity contribution in [2.45, 2.75) is 58.1 Å². The average Bonchev–Trinajstić information content (AvgIpc) is 2.62. The van der Waals surface area contributed by atoms with Crippen LogP contribution in [0.25, 0.3) is 0 Å². The molecule has 1 atom stereocenters. The fourth-order valence-electron chi connectivity index (χ4n) is 2.52. The number of benzene rings is 1. The molecule has 1 rings (SSSR count). The Bertz CT molecular complexity index is 572. The third-order valence-electron chi connectivity index (χ3n) is 3.99. The summed E-state index contributed by atoms with van der Waals surface area (Å²) in [6, 6.07) is 9.26. The summed E-state index contributed by atoms with van der Waals surface area (Å²) in [5.41, 5.74) is -0.400. The smallest absolute Gasteiger partial charge is 0.408 e. The van der Waals surface area contributed by atoms with Crippen LogP contribution in [0, 0.1) is 0 Å². The van der Waals surface area contributed by atoms with Crippen LogP contribution < -0.4 is 5.32 Å². The van der Waals surface area contributed by atoms with Gasteiger partial charge in [0.15, 0.2) is 0 Å². The first-order valence-corrected chi connectivity index (χ1v) is 8.50. The second-order valence-corrected chi connectivity index (χ2v) is 6.07. The molecule has 0 bridgehead atoms. The summed E-state index contributed by atoms with van der Waals surface area (Å²) >= 11 is 0. The van der Waals surface area contributed by atoms with Gasteiger partial charge in [0, 0.05) is 6.42 Å². The summed E-state index contributed by atoms with van der Waals surface area (Å²) in [4.78, 5) is 36.0. The van der Waals surface area contributed by atoms with Crippen LogP contribution in [0.3, 0.4) is 0 Å². The molecule has 1 aromatic rings. The lowest BCUT2D eigenvalue weighted by atomic mass is 9.87. The van der Waals surface area contributed by atoms with Crippen molar-refractivity contribution >= 4 is 17.8 Å². The van der Waals surface area contributed by atoms with E-state index in [9.17, 15) is 14.4 Å². The lowest BCUT2D eigenvalue weighted by Crippen LogP contribution is -2.55. The van der Waals surface area contributed by atoms with Gasteiger partial charge in [-0.25, -0.2) is 9.59 Å². The molecule has 25 heavy (non-hydrogen) atoms. The highest BCUT2D eigenvalue weighted by Crippen LogP contribution is 2.23. The van der Waals surface area contributed by atoms with Crippen LogP contribution in [-0.4, -0.2) is 30.5 Å². The summed E-state index contributed by atoms with van der Waals surface area (Å²) in [6.07, 6.45) is 1.62. The Labute approximate surface area is 148 Å². The number of rotatable bonds is 10. The molecule has 0 fully saturated rings. The predicted molar refractivity (Wildman–Crippen MR) is 93.9 cm³/mol. The monoisotopic (exact) mass is 349 g/mol. The number of carbonyl (C=O) groups is 3. The third-order valence-corrected chi connectivity index (χ3v) is 3.99. The molecule has 0 aliphatic heterocycles. The molecule has 1 N–H and O–H groups in total. The molecule has 0 heterocycles. The largest absolute Gasteiger partial charge is 0.467 e. The number of ether oxygens (including phenoxy) is 2. The summed E-state index contributed by atoms with van der Waals surface area (Å²) < 4.78 is 10.1. The van der Waals surface area contributed by atoms with Crippen LogP contribution in [0.5, 0.6) is 0 Å². The SMILES string of the molecule is CCCCC(CCC(C)=O)(NC(=O)OCc1ccccc1)C(=O)OC. The molecule has 1 amide bonds. The predicted octanol–water partition coefficient (Wildman–Crippen LogP) is 3.38. The summed E-state index contributed by atoms with van der Waals surface area (Å²) in [7, 11) is 1.27. The highest BCUT2D eigenvalue weighted by molar-refractivity contribution is 5.86. The number of hydrogen-bond donors (Lipinski definition) is 1. The van der Waals surface area contributed by atoms with Gasteiger partial charge in [0.25, 0.3) is 0 Å². The molecule has 6 heteroatoms. The quantitative estimate of drug-likeness (QED) is 0.655. The Morgan fingerprint density at radius 1 is 1.12 bits per heavy atom. The van der Waals surface area contributed by atoms with Crippen molar-refractivity contribution in [1.29, 1.82) is 0 Å². The zero-order valence-corrected chi connectivity index (χ0v) is 15.2. The first-order chi connectivity index (χ1) is 11.9. The molecule has 1 unspecified atom stereocenters. The highest BCUT2D eigenvalue weighted by atomic mass is 16.6.